The van der Waals surface area contributed by atoms with Gasteiger partial charge >= 0.3 is 0 Å². The van der Waals surface area contributed by atoms with Crippen molar-refractivity contribution in [3.05, 3.63) is 0 Å². The fraction of sp³-hybridized carbons (Fsp3) is 0.917. The number of rotatable bonds is 11. The van der Waals surface area contributed by atoms with E-state index in [4.69, 9.17) is 10.8 Å². The number of aliphatic hydroxyl groups excluding tert-OH is 1. The molecular weight excluding hydrogens is 204 g/mol. The predicted molar refractivity (Wildman–Crippen MR) is 66.1 cm³/mol. The van der Waals surface area contributed by atoms with Crippen LogP contribution in [0.3, 0.4) is 0 Å². The third-order valence-electron chi connectivity index (χ3n) is 2.70. The van der Waals surface area contributed by atoms with Crippen molar-refractivity contribution >= 4 is 5.91 Å². The average Bonchev–Trinajstić information content (AvgIpc) is 2.26. The van der Waals surface area contributed by atoms with Crippen molar-refractivity contribution in [2.24, 2.45) is 5.73 Å². The first-order valence-electron chi connectivity index (χ1n) is 6.36. The lowest BCUT2D eigenvalue weighted by Crippen LogP contribution is -2.44. The molecule has 4 nitrogen and oxygen atoms in total. The van der Waals surface area contributed by atoms with Crippen LogP contribution in [0.5, 0.6) is 0 Å². The molecule has 0 aromatic heterocycles. The van der Waals surface area contributed by atoms with Gasteiger partial charge < -0.3 is 16.2 Å². The van der Waals surface area contributed by atoms with Crippen LogP contribution in [0.2, 0.25) is 0 Å². The fourth-order valence-corrected chi connectivity index (χ4v) is 1.61. The molecule has 0 spiro atoms. The number of nitrogens with one attached hydrogen (secondary N) is 1. The van der Waals surface area contributed by atoms with Crippen LogP contribution in [0.15, 0.2) is 0 Å². The van der Waals surface area contributed by atoms with E-state index in [0.717, 1.165) is 13.0 Å². The number of nitrogens with two attached hydrogens (primary N) is 1. The molecule has 0 aliphatic carbocycles. The molecule has 0 aromatic carbocycles. The van der Waals surface area contributed by atoms with E-state index >= 15 is 0 Å². The lowest BCUT2D eigenvalue weighted by atomic mass is 10.1. The average molecular weight is 230 g/mol. The van der Waals surface area contributed by atoms with E-state index in [0.29, 0.717) is 0 Å². The molecule has 0 aromatic rings. The van der Waals surface area contributed by atoms with E-state index in [1.165, 1.54) is 38.5 Å². The quantitative estimate of drug-likeness (QED) is 0.466. The molecule has 4 heteroatoms. The maximum Gasteiger partial charge on any atom is 0.236 e. The Morgan fingerprint density at radius 2 is 1.75 bits per heavy atom. The van der Waals surface area contributed by atoms with Gasteiger partial charge in [-0.15, -0.1) is 0 Å². The summed E-state index contributed by atoms with van der Waals surface area (Å²) in [5.41, 5.74) is 5.08. The number of carbonyl (C=O) groups excluding carboxylic acids is 1. The summed E-state index contributed by atoms with van der Waals surface area (Å²) in [7, 11) is 0. The molecule has 0 radical (unpaired) electrons. The second-order valence-corrected chi connectivity index (χ2v) is 4.21. The molecule has 1 atom stereocenters. The van der Waals surface area contributed by atoms with Crippen LogP contribution in [-0.2, 0) is 4.79 Å². The first-order chi connectivity index (χ1) is 7.72. The smallest absolute Gasteiger partial charge is 0.236 e. The highest BCUT2D eigenvalue weighted by Gasteiger charge is 2.11. The predicted octanol–water partition coefficient (Wildman–Crippen LogP) is 1.17. The van der Waals surface area contributed by atoms with Crippen molar-refractivity contribution in [1.82, 2.24) is 5.32 Å². The Hall–Kier alpha value is -0.610. The van der Waals surface area contributed by atoms with Crippen molar-refractivity contribution in [3.8, 4) is 0 Å². The number of hydrogen-bond acceptors (Lipinski definition) is 3. The summed E-state index contributed by atoms with van der Waals surface area (Å²) in [6, 6.07) is -0.583. The minimum absolute atomic E-state index is 0.216. The third-order valence-corrected chi connectivity index (χ3v) is 2.70. The highest BCUT2D eigenvalue weighted by atomic mass is 16.3. The zero-order valence-electron chi connectivity index (χ0n) is 10.4. The van der Waals surface area contributed by atoms with Crippen molar-refractivity contribution in [3.63, 3.8) is 0 Å². The van der Waals surface area contributed by atoms with Crippen LogP contribution in [0.25, 0.3) is 0 Å². The molecule has 16 heavy (non-hydrogen) atoms. The molecule has 0 saturated heterocycles. The molecule has 0 saturated carbocycles. The highest BCUT2D eigenvalue weighted by Crippen LogP contribution is 2.06. The molecule has 0 fully saturated rings. The molecule has 0 bridgehead atoms. The second kappa shape index (κ2) is 10.9. The summed E-state index contributed by atoms with van der Waals surface area (Å²) in [5.74, 6) is -0.481. The van der Waals surface area contributed by atoms with E-state index in [1.807, 2.05) is 0 Å². The van der Waals surface area contributed by atoms with Gasteiger partial charge in [-0.2, -0.15) is 0 Å². The van der Waals surface area contributed by atoms with Crippen molar-refractivity contribution in [2.45, 2.75) is 57.9 Å². The monoisotopic (exact) mass is 230 g/mol. The standard InChI is InChI=1S/C12H26N2O2/c1-2-3-4-5-6-7-8-9-14-11(10-15)12(13)16/h11,14-15H,2-10H2,1H3,(H2,13,16). The number of aliphatic hydroxyl groups is 1. The van der Waals surface area contributed by atoms with Gasteiger partial charge in [0.2, 0.25) is 5.91 Å². The van der Waals surface area contributed by atoms with E-state index in [-0.39, 0.29) is 6.61 Å². The summed E-state index contributed by atoms with van der Waals surface area (Å²) in [6.45, 7) is 2.75. The largest absolute Gasteiger partial charge is 0.394 e. The second-order valence-electron chi connectivity index (χ2n) is 4.21. The lowest BCUT2D eigenvalue weighted by molar-refractivity contribution is -0.120. The van der Waals surface area contributed by atoms with E-state index < -0.39 is 11.9 Å². The normalized spacial score (nSPS) is 12.6. The number of hydrogen-bond donors (Lipinski definition) is 3. The molecule has 0 aliphatic rings. The van der Waals surface area contributed by atoms with E-state index in [1.54, 1.807) is 0 Å². The number of carbonyl (C=O) groups is 1. The summed E-state index contributed by atoms with van der Waals surface area (Å²) in [6.07, 6.45) is 8.69. The van der Waals surface area contributed by atoms with Crippen molar-refractivity contribution in [1.29, 1.82) is 0 Å². The van der Waals surface area contributed by atoms with Crippen LogP contribution >= 0.6 is 0 Å². The Balaban J connectivity index is 3.22. The Labute approximate surface area is 98.6 Å². The third kappa shape index (κ3) is 8.68. The molecule has 1 amide bonds. The van der Waals surface area contributed by atoms with Crippen molar-refractivity contribution in [2.75, 3.05) is 13.2 Å². The summed E-state index contributed by atoms with van der Waals surface area (Å²) in [4.78, 5) is 10.8. The summed E-state index contributed by atoms with van der Waals surface area (Å²) < 4.78 is 0. The van der Waals surface area contributed by atoms with Gasteiger partial charge in [0.05, 0.1) is 6.61 Å². The molecule has 0 rings (SSSR count). The summed E-state index contributed by atoms with van der Waals surface area (Å²) in [5, 5.41) is 11.8. The zero-order valence-corrected chi connectivity index (χ0v) is 10.4. The number of unbranched alkanes of at least 4 members (excludes halogenated alkanes) is 6. The van der Waals surface area contributed by atoms with Gasteiger partial charge in [0.25, 0.3) is 0 Å². The molecule has 0 heterocycles. The van der Waals surface area contributed by atoms with E-state index in [2.05, 4.69) is 12.2 Å². The maximum atomic E-state index is 10.8. The first kappa shape index (κ1) is 15.4. The molecule has 0 aliphatic heterocycles. The van der Waals surface area contributed by atoms with Gasteiger partial charge in [-0.1, -0.05) is 45.4 Å². The van der Waals surface area contributed by atoms with Gasteiger partial charge in [-0.3, -0.25) is 4.79 Å². The fourth-order valence-electron chi connectivity index (χ4n) is 1.61. The highest BCUT2D eigenvalue weighted by molar-refractivity contribution is 5.79. The molecular formula is C12H26N2O2. The lowest BCUT2D eigenvalue weighted by Gasteiger charge is -2.11. The number of amides is 1. The van der Waals surface area contributed by atoms with Gasteiger partial charge in [0, 0.05) is 0 Å². The minimum Gasteiger partial charge on any atom is -0.394 e. The Kier molecular flexibility index (Phi) is 10.5. The van der Waals surface area contributed by atoms with Crippen LogP contribution in [0.1, 0.15) is 51.9 Å². The van der Waals surface area contributed by atoms with Gasteiger partial charge in [0.15, 0.2) is 0 Å². The molecule has 4 N–H and O–H groups in total. The Bertz CT molecular complexity index is 174. The van der Waals surface area contributed by atoms with Crippen molar-refractivity contribution < 1.29 is 9.90 Å². The van der Waals surface area contributed by atoms with Crippen LogP contribution in [0, 0.1) is 0 Å². The minimum atomic E-state index is -0.583. The Morgan fingerprint density at radius 3 is 2.25 bits per heavy atom. The zero-order chi connectivity index (χ0) is 12.2. The molecule has 1 unspecified atom stereocenters. The SMILES string of the molecule is CCCCCCCCCNC(CO)C(N)=O. The maximum absolute atomic E-state index is 10.8. The van der Waals surface area contributed by atoms with E-state index in [9.17, 15) is 4.79 Å². The van der Waals surface area contributed by atoms with Gasteiger partial charge in [-0.05, 0) is 13.0 Å². The van der Waals surface area contributed by atoms with Crippen LogP contribution in [0.4, 0.5) is 0 Å². The summed E-state index contributed by atoms with van der Waals surface area (Å²) >= 11 is 0. The van der Waals surface area contributed by atoms with Gasteiger partial charge in [-0.25, -0.2) is 0 Å². The van der Waals surface area contributed by atoms with Crippen LogP contribution < -0.4 is 11.1 Å². The topological polar surface area (TPSA) is 75.3 Å². The van der Waals surface area contributed by atoms with Crippen LogP contribution in [-0.4, -0.2) is 30.2 Å². The Morgan fingerprint density at radius 1 is 1.19 bits per heavy atom. The first-order valence-corrected chi connectivity index (χ1v) is 6.36. The van der Waals surface area contributed by atoms with Gasteiger partial charge in [0.1, 0.15) is 6.04 Å². The number of primary amides is 1. The molecule has 96 valence electrons.